The Labute approximate surface area is 97.7 Å². The van der Waals surface area contributed by atoms with Gasteiger partial charge in [-0.2, -0.15) is 0 Å². The number of fused-ring (bicyclic) bond motifs is 1. The molecule has 2 heteroatoms. The standard InChI is InChI=1S/C14H21NO/c1-4-13(2,16)14(3)12-8-6-5-7-11(12)9-10-15-14/h5-8,15-16H,4,9-10H2,1-3H3. The molecule has 16 heavy (non-hydrogen) atoms. The summed E-state index contributed by atoms with van der Waals surface area (Å²) in [5.41, 5.74) is 1.55. The summed E-state index contributed by atoms with van der Waals surface area (Å²) in [6.07, 6.45) is 1.79. The van der Waals surface area contributed by atoms with Crippen molar-refractivity contribution in [3.8, 4) is 0 Å². The van der Waals surface area contributed by atoms with Crippen molar-refractivity contribution in [1.82, 2.24) is 5.32 Å². The third-order valence-corrected chi connectivity index (χ3v) is 4.19. The molecule has 1 aliphatic rings. The Bertz CT molecular complexity index is 386. The van der Waals surface area contributed by atoms with Crippen molar-refractivity contribution in [2.45, 2.75) is 44.8 Å². The van der Waals surface area contributed by atoms with Crippen LogP contribution < -0.4 is 5.32 Å². The smallest absolute Gasteiger partial charge is 0.0836 e. The zero-order chi connectivity index (χ0) is 11.8. The van der Waals surface area contributed by atoms with Crippen molar-refractivity contribution >= 4 is 0 Å². The Hall–Kier alpha value is -0.860. The van der Waals surface area contributed by atoms with E-state index in [1.807, 2.05) is 13.8 Å². The predicted octanol–water partition coefficient (Wildman–Crippen LogP) is 2.21. The highest BCUT2D eigenvalue weighted by atomic mass is 16.3. The molecule has 0 saturated carbocycles. The second-order valence-electron chi connectivity index (χ2n) is 5.09. The van der Waals surface area contributed by atoms with Gasteiger partial charge in [-0.15, -0.1) is 0 Å². The third kappa shape index (κ3) is 1.57. The van der Waals surface area contributed by atoms with Crippen LogP contribution in [0.1, 0.15) is 38.3 Å². The van der Waals surface area contributed by atoms with E-state index in [2.05, 4.69) is 36.5 Å². The summed E-state index contributed by atoms with van der Waals surface area (Å²) in [7, 11) is 0. The topological polar surface area (TPSA) is 32.3 Å². The van der Waals surface area contributed by atoms with Crippen LogP contribution >= 0.6 is 0 Å². The molecule has 1 heterocycles. The van der Waals surface area contributed by atoms with Gasteiger partial charge >= 0.3 is 0 Å². The first-order valence-electron chi connectivity index (χ1n) is 6.07. The van der Waals surface area contributed by atoms with Crippen LogP contribution in [0.25, 0.3) is 0 Å². The zero-order valence-electron chi connectivity index (χ0n) is 10.4. The summed E-state index contributed by atoms with van der Waals surface area (Å²) in [4.78, 5) is 0. The highest BCUT2D eigenvalue weighted by Crippen LogP contribution is 2.38. The highest BCUT2D eigenvalue weighted by Gasteiger charge is 2.45. The number of hydrogen-bond acceptors (Lipinski definition) is 2. The fraction of sp³-hybridized carbons (Fsp3) is 0.571. The van der Waals surface area contributed by atoms with E-state index in [9.17, 15) is 5.11 Å². The van der Waals surface area contributed by atoms with Crippen LogP contribution in [-0.2, 0) is 12.0 Å². The maximum absolute atomic E-state index is 10.6. The minimum Gasteiger partial charge on any atom is -0.388 e. The summed E-state index contributed by atoms with van der Waals surface area (Å²) in [6, 6.07) is 8.42. The molecule has 0 radical (unpaired) electrons. The Morgan fingerprint density at radius 3 is 2.81 bits per heavy atom. The highest BCUT2D eigenvalue weighted by molar-refractivity contribution is 5.38. The van der Waals surface area contributed by atoms with Gasteiger partial charge in [0, 0.05) is 6.54 Å². The molecule has 2 nitrogen and oxygen atoms in total. The van der Waals surface area contributed by atoms with Crippen LogP contribution in [0, 0.1) is 0 Å². The van der Waals surface area contributed by atoms with Gasteiger partial charge in [-0.25, -0.2) is 0 Å². The minimum atomic E-state index is -0.719. The van der Waals surface area contributed by atoms with Crippen molar-refractivity contribution in [3.05, 3.63) is 35.4 Å². The second kappa shape index (κ2) is 3.86. The van der Waals surface area contributed by atoms with Gasteiger partial charge in [0.1, 0.15) is 0 Å². The van der Waals surface area contributed by atoms with Crippen LogP contribution in [0.4, 0.5) is 0 Å². The predicted molar refractivity (Wildman–Crippen MR) is 66.4 cm³/mol. The van der Waals surface area contributed by atoms with Crippen molar-refractivity contribution in [3.63, 3.8) is 0 Å². The van der Waals surface area contributed by atoms with E-state index < -0.39 is 5.60 Å². The van der Waals surface area contributed by atoms with Crippen molar-refractivity contribution in [1.29, 1.82) is 0 Å². The lowest BCUT2D eigenvalue weighted by Crippen LogP contribution is -2.59. The molecule has 0 aromatic heterocycles. The van der Waals surface area contributed by atoms with Gasteiger partial charge in [0.25, 0.3) is 0 Å². The third-order valence-electron chi connectivity index (χ3n) is 4.19. The average Bonchev–Trinajstić information content (AvgIpc) is 2.29. The van der Waals surface area contributed by atoms with E-state index in [0.717, 1.165) is 19.4 Å². The number of nitrogens with one attached hydrogen (secondary N) is 1. The van der Waals surface area contributed by atoms with E-state index in [4.69, 9.17) is 0 Å². The Morgan fingerprint density at radius 1 is 1.44 bits per heavy atom. The van der Waals surface area contributed by atoms with E-state index in [-0.39, 0.29) is 5.54 Å². The maximum atomic E-state index is 10.6. The van der Waals surface area contributed by atoms with Crippen LogP contribution in [0.2, 0.25) is 0 Å². The lowest BCUT2D eigenvalue weighted by molar-refractivity contribution is -0.0389. The van der Waals surface area contributed by atoms with Crippen LogP contribution in [0.15, 0.2) is 24.3 Å². The van der Waals surface area contributed by atoms with Gasteiger partial charge in [0.2, 0.25) is 0 Å². The van der Waals surface area contributed by atoms with Crippen molar-refractivity contribution < 1.29 is 5.11 Å². The molecule has 0 aliphatic carbocycles. The fourth-order valence-corrected chi connectivity index (χ4v) is 2.60. The summed E-state index contributed by atoms with van der Waals surface area (Å²) in [6.45, 7) is 6.99. The summed E-state index contributed by atoms with van der Waals surface area (Å²) in [5, 5.41) is 14.1. The lowest BCUT2D eigenvalue weighted by atomic mass is 9.71. The largest absolute Gasteiger partial charge is 0.388 e. The number of rotatable bonds is 2. The molecule has 0 bridgehead atoms. The number of aliphatic hydroxyl groups is 1. The van der Waals surface area contributed by atoms with Gasteiger partial charge in [-0.1, -0.05) is 31.2 Å². The molecule has 2 unspecified atom stereocenters. The Balaban J connectivity index is 2.52. The Morgan fingerprint density at radius 2 is 2.12 bits per heavy atom. The summed E-state index contributed by atoms with van der Waals surface area (Å²) >= 11 is 0. The van der Waals surface area contributed by atoms with E-state index in [1.165, 1.54) is 11.1 Å². The van der Waals surface area contributed by atoms with Gasteiger partial charge in [0.05, 0.1) is 11.1 Å². The van der Waals surface area contributed by atoms with Gasteiger partial charge in [-0.05, 0) is 37.8 Å². The molecule has 1 aromatic rings. The molecule has 2 N–H and O–H groups in total. The maximum Gasteiger partial charge on any atom is 0.0836 e. The number of benzene rings is 1. The first-order valence-corrected chi connectivity index (χ1v) is 6.07. The summed E-state index contributed by atoms with van der Waals surface area (Å²) in [5.74, 6) is 0. The minimum absolute atomic E-state index is 0.337. The fourth-order valence-electron chi connectivity index (χ4n) is 2.60. The normalized spacial score (nSPS) is 28.2. The zero-order valence-corrected chi connectivity index (χ0v) is 10.4. The summed E-state index contributed by atoms with van der Waals surface area (Å²) < 4.78 is 0. The first kappa shape index (κ1) is 11.6. The van der Waals surface area contributed by atoms with E-state index >= 15 is 0 Å². The van der Waals surface area contributed by atoms with Crippen molar-refractivity contribution in [2.75, 3.05) is 6.54 Å². The van der Waals surface area contributed by atoms with Crippen LogP contribution in [-0.4, -0.2) is 17.3 Å². The molecule has 0 spiro atoms. The van der Waals surface area contributed by atoms with E-state index in [1.54, 1.807) is 0 Å². The van der Waals surface area contributed by atoms with Gasteiger partial charge in [-0.3, -0.25) is 0 Å². The monoisotopic (exact) mass is 219 g/mol. The van der Waals surface area contributed by atoms with Crippen LogP contribution in [0.3, 0.4) is 0 Å². The number of hydrogen-bond donors (Lipinski definition) is 2. The lowest BCUT2D eigenvalue weighted by Gasteiger charge is -2.47. The molecule has 1 aromatic carbocycles. The molecule has 2 rings (SSSR count). The second-order valence-corrected chi connectivity index (χ2v) is 5.09. The van der Waals surface area contributed by atoms with Crippen molar-refractivity contribution in [2.24, 2.45) is 0 Å². The van der Waals surface area contributed by atoms with Gasteiger partial charge < -0.3 is 10.4 Å². The molecule has 0 saturated heterocycles. The van der Waals surface area contributed by atoms with E-state index in [0.29, 0.717) is 0 Å². The molecule has 2 atom stereocenters. The average molecular weight is 219 g/mol. The molecule has 0 amide bonds. The molecule has 88 valence electrons. The molecule has 1 aliphatic heterocycles. The molecule has 0 fully saturated rings. The van der Waals surface area contributed by atoms with Gasteiger partial charge in [0.15, 0.2) is 0 Å². The first-order chi connectivity index (χ1) is 7.51. The molecular weight excluding hydrogens is 198 g/mol. The van der Waals surface area contributed by atoms with Crippen LogP contribution in [0.5, 0.6) is 0 Å². The SMILES string of the molecule is CCC(C)(O)C1(C)NCCc2ccccc21. The molecular formula is C14H21NO. The quantitative estimate of drug-likeness (QED) is 0.799. The Kier molecular flexibility index (Phi) is 2.81.